The van der Waals surface area contributed by atoms with E-state index in [1.165, 1.54) is 24.3 Å². The summed E-state index contributed by atoms with van der Waals surface area (Å²) in [5, 5.41) is 16.1. The molecule has 102 valence electrons. The van der Waals surface area contributed by atoms with Gasteiger partial charge in [0.15, 0.2) is 0 Å². The first-order valence-electron chi connectivity index (χ1n) is 5.63. The fourth-order valence-corrected chi connectivity index (χ4v) is 1.70. The Morgan fingerprint density at radius 1 is 1.05 bits per heavy atom. The number of hydrogen-bond acceptors (Lipinski definition) is 3. The summed E-state index contributed by atoms with van der Waals surface area (Å²) in [7, 11) is 0. The number of anilines is 2. The second-order valence-electron chi connectivity index (χ2n) is 3.86. The summed E-state index contributed by atoms with van der Waals surface area (Å²) in [4.78, 5) is 21.7. The van der Waals surface area contributed by atoms with E-state index in [2.05, 4.69) is 10.6 Å². The van der Waals surface area contributed by atoms with Gasteiger partial charge in [0.05, 0.1) is 15.6 Å². The maximum Gasteiger partial charge on any atom is 0.323 e. The van der Waals surface area contributed by atoms with Gasteiger partial charge in [-0.2, -0.15) is 0 Å². The molecule has 0 bridgehead atoms. The van der Waals surface area contributed by atoms with Crippen molar-refractivity contribution in [1.29, 1.82) is 0 Å². The van der Waals surface area contributed by atoms with E-state index in [1.807, 2.05) is 0 Å². The van der Waals surface area contributed by atoms with Gasteiger partial charge in [0, 0.05) is 17.8 Å². The molecule has 0 atom stereocenters. The molecule has 0 saturated heterocycles. The second-order valence-corrected chi connectivity index (χ2v) is 4.27. The van der Waals surface area contributed by atoms with Gasteiger partial charge in [0.25, 0.3) is 5.69 Å². The number of non-ortho nitro benzene ring substituents is 1. The number of nitrogens with one attached hydrogen (secondary N) is 2. The van der Waals surface area contributed by atoms with Crippen molar-refractivity contribution in [2.75, 3.05) is 10.6 Å². The summed E-state index contributed by atoms with van der Waals surface area (Å²) in [5.41, 5.74) is 0.885. The van der Waals surface area contributed by atoms with Crippen LogP contribution in [-0.2, 0) is 0 Å². The van der Waals surface area contributed by atoms with Gasteiger partial charge in [-0.15, -0.1) is 0 Å². The zero-order valence-electron chi connectivity index (χ0n) is 10.2. The fraction of sp³-hybridized carbons (Fsp3) is 0. The number of carbonyl (C=O) groups is 1. The average Bonchev–Trinajstić information content (AvgIpc) is 2.42. The van der Waals surface area contributed by atoms with Crippen LogP contribution in [-0.4, -0.2) is 11.0 Å². The van der Waals surface area contributed by atoms with E-state index in [1.54, 1.807) is 24.3 Å². The van der Waals surface area contributed by atoms with Crippen LogP contribution in [0, 0.1) is 10.1 Å². The lowest BCUT2D eigenvalue weighted by molar-refractivity contribution is -0.384. The van der Waals surface area contributed by atoms with Crippen molar-refractivity contribution in [1.82, 2.24) is 0 Å². The summed E-state index contributed by atoms with van der Waals surface area (Å²) < 4.78 is 0. The number of carbonyl (C=O) groups excluding carboxylic acids is 1. The van der Waals surface area contributed by atoms with Gasteiger partial charge in [0.1, 0.15) is 0 Å². The topological polar surface area (TPSA) is 84.3 Å². The standard InChI is InChI=1S/C13H10ClN3O3/c14-11-3-1-2-4-12(11)16-13(18)15-9-5-7-10(8-6-9)17(19)20/h1-8H,(H2,15,16,18). The molecule has 0 spiro atoms. The van der Waals surface area contributed by atoms with Crippen molar-refractivity contribution >= 4 is 34.7 Å². The summed E-state index contributed by atoms with van der Waals surface area (Å²) >= 11 is 5.91. The Bertz CT molecular complexity index is 644. The van der Waals surface area contributed by atoms with Crippen molar-refractivity contribution in [2.45, 2.75) is 0 Å². The lowest BCUT2D eigenvalue weighted by atomic mass is 10.3. The Balaban J connectivity index is 2.01. The molecule has 0 aliphatic carbocycles. The van der Waals surface area contributed by atoms with Crippen LogP contribution >= 0.6 is 11.6 Å². The number of nitro groups is 1. The van der Waals surface area contributed by atoms with Crippen molar-refractivity contribution in [3.05, 3.63) is 63.7 Å². The molecule has 20 heavy (non-hydrogen) atoms. The molecule has 2 aromatic carbocycles. The summed E-state index contributed by atoms with van der Waals surface area (Å²) in [5.74, 6) is 0. The lowest BCUT2D eigenvalue weighted by Gasteiger charge is -2.08. The average molecular weight is 292 g/mol. The maximum absolute atomic E-state index is 11.7. The Kier molecular flexibility index (Phi) is 4.17. The first kappa shape index (κ1) is 13.8. The van der Waals surface area contributed by atoms with E-state index in [9.17, 15) is 14.9 Å². The van der Waals surface area contributed by atoms with Crippen LogP contribution in [0.4, 0.5) is 21.9 Å². The SMILES string of the molecule is O=C(Nc1ccc([N+](=O)[O-])cc1)Nc1ccccc1Cl. The molecule has 0 fully saturated rings. The highest BCUT2D eigenvalue weighted by Gasteiger charge is 2.07. The number of rotatable bonds is 3. The van der Waals surface area contributed by atoms with Gasteiger partial charge < -0.3 is 10.6 Å². The molecule has 2 rings (SSSR count). The summed E-state index contributed by atoms with van der Waals surface area (Å²) in [6.45, 7) is 0. The Morgan fingerprint density at radius 2 is 1.70 bits per heavy atom. The number of hydrogen-bond donors (Lipinski definition) is 2. The van der Waals surface area contributed by atoms with Gasteiger partial charge in [0.2, 0.25) is 0 Å². The van der Waals surface area contributed by atoms with E-state index in [0.717, 1.165) is 0 Å². The minimum absolute atomic E-state index is 0.0398. The molecule has 0 unspecified atom stereocenters. The zero-order valence-corrected chi connectivity index (χ0v) is 10.9. The molecule has 0 saturated carbocycles. The van der Waals surface area contributed by atoms with Crippen LogP contribution in [0.2, 0.25) is 5.02 Å². The Morgan fingerprint density at radius 3 is 2.30 bits per heavy atom. The molecule has 6 nitrogen and oxygen atoms in total. The van der Waals surface area contributed by atoms with Crippen LogP contribution in [0.5, 0.6) is 0 Å². The predicted molar refractivity (Wildman–Crippen MR) is 77.2 cm³/mol. The molecule has 0 radical (unpaired) electrons. The van der Waals surface area contributed by atoms with Gasteiger partial charge in [-0.1, -0.05) is 23.7 Å². The first-order valence-corrected chi connectivity index (χ1v) is 6.01. The molecule has 2 N–H and O–H groups in total. The highest BCUT2D eigenvalue weighted by molar-refractivity contribution is 6.33. The lowest BCUT2D eigenvalue weighted by Crippen LogP contribution is -2.19. The second kappa shape index (κ2) is 6.03. The monoisotopic (exact) mass is 291 g/mol. The number of amides is 2. The Labute approximate surface area is 119 Å². The maximum atomic E-state index is 11.7. The van der Waals surface area contributed by atoms with Crippen molar-refractivity contribution in [2.24, 2.45) is 0 Å². The van der Waals surface area contributed by atoms with Crippen LogP contribution in [0.1, 0.15) is 0 Å². The molecular formula is C13H10ClN3O3. The molecule has 0 aliphatic rings. The van der Waals surface area contributed by atoms with E-state index in [-0.39, 0.29) is 5.69 Å². The third kappa shape index (κ3) is 3.46. The van der Waals surface area contributed by atoms with E-state index >= 15 is 0 Å². The van der Waals surface area contributed by atoms with E-state index in [0.29, 0.717) is 16.4 Å². The van der Waals surface area contributed by atoms with Crippen molar-refractivity contribution < 1.29 is 9.72 Å². The van der Waals surface area contributed by atoms with Crippen LogP contribution < -0.4 is 10.6 Å². The number of urea groups is 1. The van der Waals surface area contributed by atoms with Crippen LogP contribution in [0.25, 0.3) is 0 Å². The smallest absolute Gasteiger partial charge is 0.308 e. The molecule has 2 amide bonds. The van der Waals surface area contributed by atoms with Gasteiger partial charge in [-0.25, -0.2) is 4.79 Å². The van der Waals surface area contributed by atoms with Crippen molar-refractivity contribution in [3.63, 3.8) is 0 Å². The first-order chi connectivity index (χ1) is 9.56. The minimum Gasteiger partial charge on any atom is -0.308 e. The number of nitro benzene ring substituents is 1. The van der Waals surface area contributed by atoms with Crippen molar-refractivity contribution in [3.8, 4) is 0 Å². The third-order valence-corrected chi connectivity index (χ3v) is 2.79. The molecular weight excluding hydrogens is 282 g/mol. The summed E-state index contributed by atoms with van der Waals surface area (Å²) in [6.07, 6.45) is 0. The Hall–Kier alpha value is -2.60. The highest BCUT2D eigenvalue weighted by Crippen LogP contribution is 2.21. The van der Waals surface area contributed by atoms with Crippen LogP contribution in [0.15, 0.2) is 48.5 Å². The van der Waals surface area contributed by atoms with E-state index < -0.39 is 11.0 Å². The van der Waals surface area contributed by atoms with Crippen LogP contribution in [0.3, 0.4) is 0 Å². The molecule has 0 heterocycles. The predicted octanol–water partition coefficient (Wildman–Crippen LogP) is 3.89. The highest BCUT2D eigenvalue weighted by atomic mass is 35.5. The quantitative estimate of drug-likeness (QED) is 0.664. The zero-order chi connectivity index (χ0) is 14.5. The third-order valence-electron chi connectivity index (χ3n) is 2.46. The van der Waals surface area contributed by atoms with Gasteiger partial charge >= 0.3 is 6.03 Å². The fourth-order valence-electron chi connectivity index (χ4n) is 1.51. The minimum atomic E-state index is -0.506. The number of benzene rings is 2. The molecule has 0 aliphatic heterocycles. The number of nitrogens with zero attached hydrogens (tertiary/aromatic N) is 1. The molecule has 7 heteroatoms. The molecule has 0 aromatic heterocycles. The number of para-hydroxylation sites is 1. The number of halogens is 1. The van der Waals surface area contributed by atoms with Gasteiger partial charge in [-0.3, -0.25) is 10.1 Å². The largest absolute Gasteiger partial charge is 0.323 e. The normalized spacial score (nSPS) is 9.85. The summed E-state index contributed by atoms with van der Waals surface area (Å²) in [6, 6.07) is 11.9. The molecule has 2 aromatic rings. The van der Waals surface area contributed by atoms with E-state index in [4.69, 9.17) is 11.6 Å². The van der Waals surface area contributed by atoms with Gasteiger partial charge in [-0.05, 0) is 24.3 Å².